The van der Waals surface area contributed by atoms with E-state index in [2.05, 4.69) is 53.6 Å². The van der Waals surface area contributed by atoms with Gasteiger partial charge in [-0.2, -0.15) is 4.99 Å². The average molecular weight is 339 g/mol. The van der Waals surface area contributed by atoms with Crippen molar-refractivity contribution in [1.82, 2.24) is 0 Å². The third-order valence-electron chi connectivity index (χ3n) is 5.25. The molecule has 124 valence electrons. The van der Waals surface area contributed by atoms with Crippen molar-refractivity contribution in [2.75, 3.05) is 0 Å². The molecule has 1 saturated carbocycles. The van der Waals surface area contributed by atoms with Crippen LogP contribution in [0.2, 0.25) is 0 Å². The number of nitrogens with zero attached hydrogens (tertiary/aromatic N) is 1. The molecule has 0 spiro atoms. The van der Waals surface area contributed by atoms with Crippen molar-refractivity contribution in [3.63, 3.8) is 0 Å². The van der Waals surface area contributed by atoms with Gasteiger partial charge in [0.2, 0.25) is 0 Å². The molecule has 2 aromatic rings. The van der Waals surface area contributed by atoms with Crippen LogP contribution in [0, 0.1) is 11.7 Å². The summed E-state index contributed by atoms with van der Waals surface area (Å²) in [6.07, 6.45) is 6.57. The standard InChI is InChI=1S/C21H22FNS/c1-2-15-3-5-16(6-4-15)17-7-9-18(10-8-17)19-11-12-21(23-14-24)20(22)13-19/h7-13,15-16H,2-6H2,1H3. The van der Waals surface area contributed by atoms with Crippen LogP contribution in [0.15, 0.2) is 47.5 Å². The van der Waals surface area contributed by atoms with Crippen molar-refractivity contribution in [2.45, 2.75) is 44.9 Å². The summed E-state index contributed by atoms with van der Waals surface area (Å²) in [7, 11) is 0. The largest absolute Gasteiger partial charge is 0.205 e. The van der Waals surface area contributed by atoms with Gasteiger partial charge in [-0.25, -0.2) is 4.39 Å². The number of isothiocyanates is 1. The van der Waals surface area contributed by atoms with E-state index >= 15 is 0 Å². The number of benzene rings is 2. The third kappa shape index (κ3) is 3.80. The van der Waals surface area contributed by atoms with Gasteiger partial charge in [0.15, 0.2) is 0 Å². The predicted octanol–water partition coefficient (Wildman–Crippen LogP) is 6.91. The molecule has 0 aromatic heterocycles. The maximum atomic E-state index is 14.0. The Morgan fingerprint density at radius 1 is 1.04 bits per heavy atom. The lowest BCUT2D eigenvalue weighted by molar-refractivity contribution is 0.319. The molecule has 0 atom stereocenters. The van der Waals surface area contributed by atoms with E-state index in [0.717, 1.165) is 17.0 Å². The SMILES string of the molecule is CCC1CCC(c2ccc(-c3ccc(N=C=S)c(F)c3)cc2)CC1. The Balaban J connectivity index is 1.75. The van der Waals surface area contributed by atoms with Crippen molar-refractivity contribution in [3.05, 3.63) is 53.8 Å². The highest BCUT2D eigenvalue weighted by Crippen LogP contribution is 2.37. The first-order chi connectivity index (χ1) is 11.7. The Bertz CT molecular complexity index is 739. The second kappa shape index (κ2) is 7.83. The molecule has 0 heterocycles. The molecule has 0 amide bonds. The molecule has 3 heteroatoms. The number of hydrogen-bond acceptors (Lipinski definition) is 2. The second-order valence-electron chi connectivity index (χ2n) is 6.62. The van der Waals surface area contributed by atoms with Gasteiger partial charge in [-0.3, -0.25) is 0 Å². The van der Waals surface area contributed by atoms with E-state index in [1.54, 1.807) is 6.07 Å². The molecular formula is C21H22FNS. The summed E-state index contributed by atoms with van der Waals surface area (Å²) in [5.41, 5.74) is 3.53. The molecule has 24 heavy (non-hydrogen) atoms. The van der Waals surface area contributed by atoms with Gasteiger partial charge in [0, 0.05) is 0 Å². The molecular weight excluding hydrogens is 317 g/mol. The Kier molecular flexibility index (Phi) is 5.55. The zero-order valence-electron chi connectivity index (χ0n) is 14.0. The molecule has 0 radical (unpaired) electrons. The van der Waals surface area contributed by atoms with Crippen LogP contribution in [0.25, 0.3) is 11.1 Å². The molecule has 0 N–H and O–H groups in total. The van der Waals surface area contributed by atoms with Gasteiger partial charge >= 0.3 is 0 Å². The van der Waals surface area contributed by atoms with E-state index in [0.29, 0.717) is 5.92 Å². The van der Waals surface area contributed by atoms with E-state index in [9.17, 15) is 4.39 Å². The van der Waals surface area contributed by atoms with Crippen LogP contribution in [0.4, 0.5) is 10.1 Å². The van der Waals surface area contributed by atoms with Crippen LogP contribution in [0.5, 0.6) is 0 Å². The van der Waals surface area contributed by atoms with Crippen LogP contribution in [0.1, 0.15) is 50.5 Å². The van der Waals surface area contributed by atoms with E-state index in [1.165, 1.54) is 43.7 Å². The maximum absolute atomic E-state index is 14.0. The fraction of sp³-hybridized carbons (Fsp3) is 0.381. The Morgan fingerprint density at radius 2 is 1.71 bits per heavy atom. The quantitative estimate of drug-likeness (QED) is 0.435. The minimum Gasteiger partial charge on any atom is -0.205 e. The van der Waals surface area contributed by atoms with Crippen molar-refractivity contribution < 1.29 is 4.39 Å². The summed E-state index contributed by atoms with van der Waals surface area (Å²) >= 11 is 4.53. The summed E-state index contributed by atoms with van der Waals surface area (Å²) in [5.74, 6) is 1.22. The van der Waals surface area contributed by atoms with Crippen molar-refractivity contribution in [1.29, 1.82) is 0 Å². The topological polar surface area (TPSA) is 12.4 Å². The first-order valence-electron chi connectivity index (χ1n) is 8.69. The molecule has 1 aliphatic carbocycles. The molecule has 0 saturated heterocycles. The van der Waals surface area contributed by atoms with Crippen molar-refractivity contribution >= 4 is 23.1 Å². The molecule has 1 fully saturated rings. The number of halogens is 1. The van der Waals surface area contributed by atoms with Gasteiger partial charge in [0.05, 0.1) is 5.16 Å². The molecule has 0 aliphatic heterocycles. The molecule has 1 aliphatic rings. The molecule has 0 bridgehead atoms. The third-order valence-corrected chi connectivity index (χ3v) is 5.34. The smallest absolute Gasteiger partial charge is 0.150 e. The van der Waals surface area contributed by atoms with Gasteiger partial charge < -0.3 is 0 Å². The predicted molar refractivity (Wildman–Crippen MR) is 102 cm³/mol. The number of aliphatic imine (C=N–C) groups is 1. The van der Waals surface area contributed by atoms with Crippen molar-refractivity contribution in [2.24, 2.45) is 10.9 Å². The Morgan fingerprint density at radius 3 is 2.29 bits per heavy atom. The summed E-state index contributed by atoms with van der Waals surface area (Å²) in [6, 6.07) is 13.6. The fourth-order valence-electron chi connectivity index (χ4n) is 3.68. The van der Waals surface area contributed by atoms with Gasteiger partial charge in [-0.15, -0.1) is 0 Å². The van der Waals surface area contributed by atoms with Gasteiger partial charge in [-0.05, 0) is 78.6 Å². The highest BCUT2D eigenvalue weighted by molar-refractivity contribution is 7.78. The van der Waals surface area contributed by atoms with Crippen LogP contribution >= 0.6 is 12.2 Å². The first-order valence-corrected chi connectivity index (χ1v) is 9.09. The normalized spacial score (nSPS) is 20.4. The average Bonchev–Trinajstić information content (AvgIpc) is 2.64. The highest BCUT2D eigenvalue weighted by atomic mass is 32.1. The number of rotatable bonds is 4. The van der Waals surface area contributed by atoms with E-state index in [-0.39, 0.29) is 11.5 Å². The lowest BCUT2D eigenvalue weighted by atomic mass is 9.77. The molecule has 1 nitrogen and oxygen atoms in total. The lowest BCUT2D eigenvalue weighted by Crippen LogP contribution is -2.12. The fourth-order valence-corrected chi connectivity index (χ4v) is 3.78. The van der Waals surface area contributed by atoms with Crippen LogP contribution in [0.3, 0.4) is 0 Å². The molecule has 0 unspecified atom stereocenters. The minimum atomic E-state index is -0.369. The zero-order chi connectivity index (χ0) is 16.9. The van der Waals surface area contributed by atoms with Crippen LogP contribution in [-0.2, 0) is 0 Å². The summed E-state index contributed by atoms with van der Waals surface area (Å²) < 4.78 is 14.0. The summed E-state index contributed by atoms with van der Waals surface area (Å²) in [5, 5.41) is 2.20. The number of thiocarbonyl (C=S) groups is 1. The Labute approximate surface area is 148 Å². The zero-order valence-corrected chi connectivity index (χ0v) is 14.8. The minimum absolute atomic E-state index is 0.234. The van der Waals surface area contributed by atoms with Gasteiger partial charge in [0.25, 0.3) is 0 Å². The summed E-state index contributed by atoms with van der Waals surface area (Å²) in [6.45, 7) is 2.29. The second-order valence-corrected chi connectivity index (χ2v) is 6.80. The monoisotopic (exact) mass is 339 g/mol. The van der Waals surface area contributed by atoms with Crippen LogP contribution < -0.4 is 0 Å². The van der Waals surface area contributed by atoms with E-state index in [4.69, 9.17) is 0 Å². The first kappa shape index (κ1) is 17.0. The van der Waals surface area contributed by atoms with Crippen LogP contribution in [-0.4, -0.2) is 5.16 Å². The highest BCUT2D eigenvalue weighted by Gasteiger charge is 2.21. The number of hydrogen-bond donors (Lipinski definition) is 0. The van der Waals surface area contributed by atoms with E-state index < -0.39 is 0 Å². The van der Waals surface area contributed by atoms with Gasteiger partial charge in [0.1, 0.15) is 11.5 Å². The summed E-state index contributed by atoms with van der Waals surface area (Å²) in [4.78, 5) is 3.72. The molecule has 2 aromatic carbocycles. The lowest BCUT2D eigenvalue weighted by Gasteiger charge is -2.28. The Hall–Kier alpha value is -1.83. The van der Waals surface area contributed by atoms with Gasteiger partial charge in [-0.1, -0.05) is 43.7 Å². The van der Waals surface area contributed by atoms with Crippen molar-refractivity contribution in [3.8, 4) is 11.1 Å². The van der Waals surface area contributed by atoms with E-state index in [1.807, 2.05) is 6.07 Å². The maximum Gasteiger partial charge on any atom is 0.150 e. The molecule has 3 rings (SSSR count).